The molecule has 0 saturated heterocycles. The molecule has 6 nitrogen and oxygen atoms in total. The number of nitrogens with zero attached hydrogens (tertiary/aromatic N) is 1. The van der Waals surface area contributed by atoms with Crippen LogP contribution in [0.1, 0.15) is 34.0 Å². The smallest absolute Gasteiger partial charge is 0.548 e. The fraction of sp³-hybridized carbons (Fsp3) is 0.208. The minimum absolute atomic E-state index is 0. The van der Waals surface area contributed by atoms with E-state index in [0.29, 0.717) is 28.0 Å². The summed E-state index contributed by atoms with van der Waals surface area (Å²) in [5.74, 6) is -1.23. The second kappa shape index (κ2) is 12.8. The van der Waals surface area contributed by atoms with Gasteiger partial charge in [-0.2, -0.15) is 11.8 Å². The summed E-state index contributed by atoms with van der Waals surface area (Å²) in [6.45, 7) is 0. The van der Waals surface area contributed by atoms with Gasteiger partial charge in [-0.15, -0.1) is 0 Å². The van der Waals surface area contributed by atoms with Crippen molar-refractivity contribution in [3.63, 3.8) is 0 Å². The average Bonchev–Trinajstić information content (AvgIpc) is 2.81. The van der Waals surface area contributed by atoms with Crippen molar-refractivity contribution in [1.82, 2.24) is 10.3 Å². The van der Waals surface area contributed by atoms with Crippen molar-refractivity contribution >= 4 is 23.6 Å². The molecule has 0 radical (unpaired) electrons. The predicted molar refractivity (Wildman–Crippen MR) is 119 cm³/mol. The largest absolute Gasteiger partial charge is 1.00 e. The van der Waals surface area contributed by atoms with Crippen molar-refractivity contribution in [3.05, 3.63) is 89.7 Å². The number of aliphatic hydroxyl groups excluding tert-OH is 1. The minimum Gasteiger partial charge on any atom is -0.548 e. The number of hydrogen-bond acceptors (Lipinski definition) is 6. The summed E-state index contributed by atoms with van der Waals surface area (Å²) >= 11 is 1.50. The number of benzene rings is 2. The standard InChI is InChI=1S/C24H24N2O4S.Na/c1-31-14-11-21(24(29)30)26-23(28)19-8-7-18(22(27)17-9-12-25-13-10-17)15-20(19)16-5-3-2-4-6-16;/h2-10,12-13,15,21-22,27H,11,14H2,1H3,(H,26,28)(H,29,30);/q;+1/p-1/t21-,22?;/m0./s1. The minimum atomic E-state index is -1.31. The van der Waals surface area contributed by atoms with Crippen molar-refractivity contribution in [1.29, 1.82) is 0 Å². The third kappa shape index (κ3) is 6.67. The van der Waals surface area contributed by atoms with Crippen LogP contribution in [0.4, 0.5) is 0 Å². The summed E-state index contributed by atoms with van der Waals surface area (Å²) in [5.41, 5.74) is 3.00. The number of amides is 1. The SMILES string of the molecule is CSCC[C@H](NC(=O)c1ccc(C(O)c2ccncc2)cc1-c1ccccc1)C(=O)[O-].[Na+]. The molecule has 1 unspecified atom stereocenters. The summed E-state index contributed by atoms with van der Waals surface area (Å²) in [6.07, 6.45) is 4.46. The average molecular weight is 459 g/mol. The van der Waals surface area contributed by atoms with Crippen LogP contribution < -0.4 is 40.0 Å². The Labute approximate surface area is 213 Å². The topological polar surface area (TPSA) is 102 Å². The molecule has 0 spiro atoms. The number of thioether (sulfide) groups is 1. The van der Waals surface area contributed by atoms with Crippen LogP contribution in [-0.2, 0) is 4.79 Å². The maximum absolute atomic E-state index is 13.0. The number of hydrogen-bond donors (Lipinski definition) is 2. The third-order valence-electron chi connectivity index (χ3n) is 4.91. The molecular formula is C24H23N2NaO4S. The van der Waals surface area contributed by atoms with Gasteiger partial charge in [0.05, 0.1) is 12.0 Å². The van der Waals surface area contributed by atoms with Crippen molar-refractivity contribution in [2.75, 3.05) is 12.0 Å². The molecule has 0 aliphatic carbocycles. The first kappa shape index (κ1) is 26.1. The monoisotopic (exact) mass is 458 g/mol. The van der Waals surface area contributed by atoms with Crippen molar-refractivity contribution < 1.29 is 49.4 Å². The summed E-state index contributed by atoms with van der Waals surface area (Å²) in [7, 11) is 0. The van der Waals surface area contributed by atoms with Gasteiger partial charge >= 0.3 is 29.6 Å². The second-order valence-electron chi connectivity index (χ2n) is 6.98. The number of aliphatic hydroxyl groups is 1. The molecule has 1 amide bonds. The molecule has 8 heteroatoms. The van der Waals surface area contributed by atoms with Gasteiger partial charge in [-0.3, -0.25) is 9.78 Å². The normalized spacial score (nSPS) is 12.3. The van der Waals surface area contributed by atoms with Crippen molar-refractivity contribution in [2.24, 2.45) is 0 Å². The summed E-state index contributed by atoms with van der Waals surface area (Å²) < 4.78 is 0. The van der Waals surface area contributed by atoms with Gasteiger partial charge in [-0.1, -0.05) is 36.4 Å². The van der Waals surface area contributed by atoms with E-state index >= 15 is 0 Å². The fourth-order valence-corrected chi connectivity index (χ4v) is 3.72. The maximum atomic E-state index is 13.0. The Morgan fingerprint density at radius 2 is 1.75 bits per heavy atom. The van der Waals surface area contributed by atoms with Crippen molar-refractivity contribution in [3.8, 4) is 11.1 Å². The summed E-state index contributed by atoms with van der Waals surface area (Å²) in [4.78, 5) is 28.4. The Morgan fingerprint density at radius 3 is 2.38 bits per heavy atom. The zero-order valence-corrected chi connectivity index (χ0v) is 20.8. The Kier molecular flexibility index (Phi) is 10.4. The second-order valence-corrected chi connectivity index (χ2v) is 7.97. The van der Waals surface area contributed by atoms with Gasteiger partial charge < -0.3 is 20.3 Å². The van der Waals surface area contributed by atoms with E-state index in [1.54, 1.807) is 42.7 Å². The number of carboxylic acids is 1. The van der Waals surface area contributed by atoms with Gasteiger partial charge in [0.25, 0.3) is 5.91 Å². The van der Waals surface area contributed by atoms with E-state index in [1.807, 2.05) is 36.6 Å². The number of pyridine rings is 1. The molecular weight excluding hydrogens is 435 g/mol. The first-order chi connectivity index (χ1) is 15.0. The molecule has 1 heterocycles. The fourth-order valence-electron chi connectivity index (χ4n) is 3.25. The molecule has 1 aromatic heterocycles. The van der Waals surface area contributed by atoms with Gasteiger partial charge in [0.15, 0.2) is 0 Å². The Hall–Kier alpha value is -2.16. The van der Waals surface area contributed by atoms with E-state index in [4.69, 9.17) is 0 Å². The number of carbonyl (C=O) groups is 2. The Morgan fingerprint density at radius 1 is 1.06 bits per heavy atom. The van der Waals surface area contributed by atoms with Gasteiger partial charge in [0.1, 0.15) is 6.10 Å². The molecule has 2 atom stereocenters. The quantitative estimate of drug-likeness (QED) is 0.417. The molecule has 3 rings (SSSR count). The number of nitrogens with one attached hydrogen (secondary N) is 1. The van der Waals surface area contributed by atoms with Gasteiger partial charge in [0, 0.05) is 18.0 Å². The predicted octanol–water partition coefficient (Wildman–Crippen LogP) is -0.564. The van der Waals surface area contributed by atoms with E-state index < -0.39 is 24.0 Å². The van der Waals surface area contributed by atoms with Crippen molar-refractivity contribution in [2.45, 2.75) is 18.6 Å². The van der Waals surface area contributed by atoms with Crippen LogP contribution in [0.5, 0.6) is 0 Å². The molecule has 2 aromatic carbocycles. The number of aliphatic carboxylic acids is 1. The van der Waals surface area contributed by atoms with E-state index in [-0.39, 0.29) is 36.0 Å². The molecule has 0 saturated carbocycles. The van der Waals surface area contributed by atoms with Crippen LogP contribution in [0.25, 0.3) is 11.1 Å². The molecule has 3 aromatic rings. The molecule has 0 aliphatic rings. The number of rotatable bonds is 9. The molecule has 32 heavy (non-hydrogen) atoms. The third-order valence-corrected chi connectivity index (χ3v) is 5.56. The Bertz CT molecular complexity index is 1030. The number of carbonyl (C=O) groups excluding carboxylic acids is 2. The molecule has 160 valence electrons. The first-order valence-corrected chi connectivity index (χ1v) is 11.2. The zero-order valence-electron chi connectivity index (χ0n) is 18.0. The van der Waals surface area contributed by atoms with Crippen LogP contribution in [-0.4, -0.2) is 40.0 Å². The van der Waals surface area contributed by atoms with E-state index in [2.05, 4.69) is 10.3 Å². The van der Waals surface area contributed by atoms with Crippen LogP contribution in [0.3, 0.4) is 0 Å². The maximum Gasteiger partial charge on any atom is 1.00 e. The van der Waals surface area contributed by atoms with Gasteiger partial charge in [0.2, 0.25) is 0 Å². The van der Waals surface area contributed by atoms with Crippen LogP contribution >= 0.6 is 11.8 Å². The summed E-state index contributed by atoms with van der Waals surface area (Å²) in [6, 6.07) is 16.7. The number of aromatic nitrogens is 1. The van der Waals surface area contributed by atoms with Gasteiger partial charge in [-0.25, -0.2) is 0 Å². The molecule has 0 fully saturated rings. The molecule has 0 aliphatic heterocycles. The van der Waals surface area contributed by atoms with Crippen LogP contribution in [0, 0.1) is 0 Å². The van der Waals surface area contributed by atoms with E-state index in [1.165, 1.54) is 11.8 Å². The molecule has 2 N–H and O–H groups in total. The van der Waals surface area contributed by atoms with Gasteiger partial charge in [-0.05, 0) is 64.9 Å². The Balaban J connectivity index is 0.00000363. The zero-order chi connectivity index (χ0) is 22.2. The molecule has 0 bridgehead atoms. The first-order valence-electron chi connectivity index (χ1n) is 9.79. The summed E-state index contributed by atoms with van der Waals surface area (Å²) in [5, 5.41) is 24.8. The number of carboxylic acid groups (broad SMARTS) is 1. The van der Waals surface area contributed by atoms with E-state index in [9.17, 15) is 19.8 Å². The van der Waals surface area contributed by atoms with Crippen LogP contribution in [0.2, 0.25) is 0 Å². The van der Waals surface area contributed by atoms with Crippen LogP contribution in [0.15, 0.2) is 73.1 Å². The van der Waals surface area contributed by atoms with E-state index in [0.717, 1.165) is 5.56 Å².